The van der Waals surface area contributed by atoms with E-state index in [0.29, 0.717) is 62.5 Å². The summed E-state index contributed by atoms with van der Waals surface area (Å²) in [6, 6.07) is 15.4. The topological polar surface area (TPSA) is 79.4 Å². The molecular formula is C27H31N3O5. The summed E-state index contributed by atoms with van der Waals surface area (Å²) in [5.74, 6) is 1.04. The highest BCUT2D eigenvalue weighted by Gasteiger charge is 2.43. The first kappa shape index (κ1) is 23.2. The molecule has 8 nitrogen and oxygen atoms in total. The first-order valence-corrected chi connectivity index (χ1v) is 12.2. The maximum atomic E-state index is 12.8. The van der Waals surface area contributed by atoms with Crippen LogP contribution < -0.4 is 14.4 Å². The van der Waals surface area contributed by atoms with E-state index < -0.39 is 5.60 Å². The van der Waals surface area contributed by atoms with Crippen LogP contribution in [0.2, 0.25) is 0 Å². The third kappa shape index (κ3) is 4.97. The van der Waals surface area contributed by atoms with Gasteiger partial charge in [0.1, 0.15) is 17.1 Å². The average molecular weight is 478 g/mol. The van der Waals surface area contributed by atoms with Gasteiger partial charge in [0, 0.05) is 70.8 Å². The number of benzene rings is 2. The van der Waals surface area contributed by atoms with Gasteiger partial charge in [0.25, 0.3) is 5.91 Å². The number of Topliss-reactive ketones (excluding diaryl/α,β-unsaturated/α-hetero) is 1. The fraction of sp³-hybridized carbons (Fsp3) is 0.444. The molecule has 0 atom stereocenters. The van der Waals surface area contributed by atoms with Crippen LogP contribution >= 0.6 is 0 Å². The number of piperidine rings is 1. The highest BCUT2D eigenvalue weighted by atomic mass is 16.5. The van der Waals surface area contributed by atoms with Gasteiger partial charge in [0.2, 0.25) is 5.91 Å². The van der Waals surface area contributed by atoms with Crippen LogP contribution in [-0.4, -0.2) is 78.9 Å². The molecule has 0 N–H and O–H groups in total. The number of fused-ring (bicyclic) bond motifs is 1. The lowest BCUT2D eigenvalue weighted by Gasteiger charge is -2.43. The molecule has 2 aromatic rings. The Hall–Kier alpha value is -3.55. The minimum atomic E-state index is -0.580. The lowest BCUT2D eigenvalue weighted by atomic mass is 9.82. The van der Waals surface area contributed by atoms with Crippen molar-refractivity contribution < 1.29 is 23.9 Å². The number of likely N-dealkylation sites (tertiary alicyclic amines) is 1. The number of hydrogen-bond donors (Lipinski definition) is 0. The number of rotatable bonds is 4. The second-order valence-electron chi connectivity index (χ2n) is 9.54. The molecular weight excluding hydrogens is 446 g/mol. The van der Waals surface area contributed by atoms with Gasteiger partial charge in [-0.3, -0.25) is 14.4 Å². The first-order chi connectivity index (χ1) is 16.9. The minimum Gasteiger partial charge on any atom is -0.486 e. The SMILES string of the molecule is CC(=O)N1CCC2(CC1)CC(=O)c1ccc(OCC(=O)N3CCN(c4ccccc4)CC3)cc1O2. The van der Waals surface area contributed by atoms with E-state index in [4.69, 9.17) is 9.47 Å². The van der Waals surface area contributed by atoms with Gasteiger partial charge in [-0.25, -0.2) is 0 Å². The van der Waals surface area contributed by atoms with Gasteiger partial charge in [0.15, 0.2) is 12.4 Å². The molecule has 1 spiro atoms. The van der Waals surface area contributed by atoms with Crippen molar-refractivity contribution in [1.29, 1.82) is 0 Å². The maximum absolute atomic E-state index is 12.8. The zero-order valence-corrected chi connectivity index (χ0v) is 20.1. The summed E-state index contributed by atoms with van der Waals surface area (Å²) in [6.07, 6.45) is 1.56. The molecule has 5 rings (SSSR count). The van der Waals surface area contributed by atoms with Gasteiger partial charge >= 0.3 is 0 Å². The Balaban J connectivity index is 1.17. The van der Waals surface area contributed by atoms with E-state index >= 15 is 0 Å². The van der Waals surface area contributed by atoms with Gasteiger partial charge in [-0.05, 0) is 24.3 Å². The van der Waals surface area contributed by atoms with E-state index in [1.807, 2.05) is 23.1 Å². The Morgan fingerprint density at radius 2 is 1.66 bits per heavy atom. The number of anilines is 1. The van der Waals surface area contributed by atoms with Gasteiger partial charge in [0.05, 0.1) is 12.0 Å². The Labute approximate surface area is 205 Å². The van der Waals surface area contributed by atoms with Gasteiger partial charge in [-0.15, -0.1) is 0 Å². The van der Waals surface area contributed by atoms with Crippen LogP contribution in [-0.2, 0) is 9.59 Å². The van der Waals surface area contributed by atoms with Crippen LogP contribution in [0, 0.1) is 0 Å². The average Bonchev–Trinajstić information content (AvgIpc) is 2.88. The smallest absolute Gasteiger partial charge is 0.260 e. The normalized spacial score (nSPS) is 19.2. The fourth-order valence-electron chi connectivity index (χ4n) is 5.16. The number of para-hydroxylation sites is 1. The van der Waals surface area contributed by atoms with Crippen LogP contribution in [0.15, 0.2) is 48.5 Å². The Bertz CT molecular complexity index is 1100. The van der Waals surface area contributed by atoms with Crippen LogP contribution in [0.4, 0.5) is 5.69 Å². The second-order valence-corrected chi connectivity index (χ2v) is 9.54. The summed E-state index contributed by atoms with van der Waals surface area (Å²) in [5, 5.41) is 0. The second kappa shape index (κ2) is 9.60. The summed E-state index contributed by atoms with van der Waals surface area (Å²) in [4.78, 5) is 43.1. The third-order valence-corrected chi connectivity index (χ3v) is 7.30. The molecule has 0 radical (unpaired) electrons. The number of nitrogens with zero attached hydrogens (tertiary/aromatic N) is 3. The van der Waals surface area contributed by atoms with Crippen molar-refractivity contribution in [2.75, 3.05) is 50.8 Å². The molecule has 2 fully saturated rings. The van der Waals surface area contributed by atoms with Crippen molar-refractivity contribution in [3.8, 4) is 11.5 Å². The molecule has 3 heterocycles. The van der Waals surface area contributed by atoms with Crippen LogP contribution in [0.1, 0.15) is 36.5 Å². The van der Waals surface area contributed by atoms with Crippen LogP contribution in [0.5, 0.6) is 11.5 Å². The predicted octanol–water partition coefficient (Wildman–Crippen LogP) is 2.76. The van der Waals surface area contributed by atoms with Gasteiger partial charge in [-0.2, -0.15) is 0 Å². The van der Waals surface area contributed by atoms with Crippen molar-refractivity contribution in [2.45, 2.75) is 31.8 Å². The number of carbonyl (C=O) groups excluding carboxylic acids is 3. The standard InChI is InChI=1S/C27H31N3O5/c1-20(31)28-11-9-27(10-12-28)18-24(32)23-8-7-22(17-25(23)35-27)34-19-26(33)30-15-13-29(14-16-30)21-5-3-2-4-6-21/h2-8,17H,9-16,18-19H2,1H3. The van der Waals surface area contributed by atoms with Crippen molar-refractivity contribution in [3.63, 3.8) is 0 Å². The number of ketones is 1. The largest absolute Gasteiger partial charge is 0.486 e. The zero-order valence-electron chi connectivity index (χ0n) is 20.1. The third-order valence-electron chi connectivity index (χ3n) is 7.30. The van der Waals surface area contributed by atoms with E-state index in [9.17, 15) is 14.4 Å². The highest BCUT2D eigenvalue weighted by Crippen LogP contribution is 2.40. The molecule has 0 aromatic heterocycles. The quantitative estimate of drug-likeness (QED) is 0.674. The molecule has 35 heavy (non-hydrogen) atoms. The van der Waals surface area contributed by atoms with E-state index in [-0.39, 0.29) is 24.2 Å². The predicted molar refractivity (Wildman–Crippen MR) is 131 cm³/mol. The molecule has 0 bridgehead atoms. The number of piperazine rings is 1. The molecule has 2 aromatic carbocycles. The number of carbonyl (C=O) groups is 3. The van der Waals surface area contributed by atoms with Crippen molar-refractivity contribution in [2.24, 2.45) is 0 Å². The fourth-order valence-corrected chi connectivity index (χ4v) is 5.16. The molecule has 184 valence electrons. The van der Waals surface area contributed by atoms with Crippen LogP contribution in [0.3, 0.4) is 0 Å². The molecule has 3 aliphatic heterocycles. The van der Waals surface area contributed by atoms with Crippen LogP contribution in [0.25, 0.3) is 0 Å². The summed E-state index contributed by atoms with van der Waals surface area (Å²) < 4.78 is 12.1. The molecule has 0 saturated carbocycles. The van der Waals surface area contributed by atoms with Crippen molar-refractivity contribution in [1.82, 2.24) is 9.80 Å². The monoisotopic (exact) mass is 477 g/mol. The van der Waals surface area contributed by atoms with E-state index in [1.54, 1.807) is 30.0 Å². The van der Waals surface area contributed by atoms with E-state index in [2.05, 4.69) is 17.0 Å². The maximum Gasteiger partial charge on any atom is 0.260 e. The molecule has 8 heteroatoms. The first-order valence-electron chi connectivity index (χ1n) is 12.2. The highest BCUT2D eigenvalue weighted by molar-refractivity contribution is 6.00. The molecule has 2 saturated heterocycles. The van der Waals surface area contributed by atoms with Gasteiger partial charge < -0.3 is 24.2 Å². The Kier molecular flexibility index (Phi) is 6.36. The van der Waals surface area contributed by atoms with Gasteiger partial charge in [-0.1, -0.05) is 18.2 Å². The Morgan fingerprint density at radius 1 is 0.943 bits per heavy atom. The van der Waals surface area contributed by atoms with E-state index in [0.717, 1.165) is 13.1 Å². The van der Waals surface area contributed by atoms with Crippen molar-refractivity contribution in [3.05, 3.63) is 54.1 Å². The molecule has 2 amide bonds. The summed E-state index contributed by atoms with van der Waals surface area (Å²) >= 11 is 0. The minimum absolute atomic E-state index is 0.0430. The molecule has 3 aliphatic rings. The van der Waals surface area contributed by atoms with E-state index in [1.165, 1.54) is 5.69 Å². The summed E-state index contributed by atoms with van der Waals surface area (Å²) in [7, 11) is 0. The summed E-state index contributed by atoms with van der Waals surface area (Å²) in [5.41, 5.74) is 1.13. The number of hydrogen-bond acceptors (Lipinski definition) is 6. The molecule has 0 unspecified atom stereocenters. The molecule has 0 aliphatic carbocycles. The lowest BCUT2D eigenvalue weighted by Crippen LogP contribution is -2.51. The Morgan fingerprint density at radius 3 is 2.34 bits per heavy atom. The summed E-state index contributed by atoms with van der Waals surface area (Å²) in [6.45, 7) is 5.55. The number of amides is 2. The number of ether oxygens (including phenoxy) is 2. The zero-order chi connectivity index (χ0) is 24.4. The lowest BCUT2D eigenvalue weighted by molar-refractivity contribution is -0.134. The van der Waals surface area contributed by atoms with Crippen molar-refractivity contribution >= 4 is 23.3 Å².